The van der Waals surface area contributed by atoms with Crippen LogP contribution in [0.2, 0.25) is 0 Å². The van der Waals surface area contributed by atoms with Crippen LogP contribution in [0.15, 0.2) is 59.7 Å². The number of aryl methyl sites for hydroxylation is 2. The van der Waals surface area contributed by atoms with E-state index in [1.165, 1.54) is 78.3 Å². The molecule has 0 atom stereocenters. The fraction of sp³-hybridized carbons (Fsp3) is 0.529. The Morgan fingerprint density at radius 1 is 0.611 bits per heavy atom. The molecule has 0 bridgehead atoms. The lowest BCUT2D eigenvalue weighted by molar-refractivity contribution is 0.00739. The first-order valence-corrected chi connectivity index (χ1v) is 14.6. The molecular formula is C34H48N2. The van der Waals surface area contributed by atoms with Gasteiger partial charge in [-0.15, -0.1) is 4.79 Å². The van der Waals surface area contributed by atoms with Crippen LogP contribution in [0.4, 0.5) is 0 Å². The summed E-state index contributed by atoms with van der Waals surface area (Å²) in [6.07, 6.45) is 16.0. The molecule has 0 heterocycles. The predicted octanol–water partition coefficient (Wildman–Crippen LogP) is 10.2. The summed E-state index contributed by atoms with van der Waals surface area (Å²) >= 11 is 0. The van der Waals surface area contributed by atoms with E-state index in [0.717, 1.165) is 50.5 Å². The second-order valence-corrected chi connectivity index (χ2v) is 10.1. The molecule has 2 aromatic rings. The molecule has 0 fully saturated rings. The highest BCUT2D eigenvalue weighted by Gasteiger charge is 2.18. The van der Waals surface area contributed by atoms with Crippen LogP contribution in [-0.4, -0.2) is 10.7 Å². The van der Waals surface area contributed by atoms with Crippen LogP contribution in [0.3, 0.4) is 0 Å². The van der Waals surface area contributed by atoms with Crippen LogP contribution < -0.4 is 0 Å². The summed E-state index contributed by atoms with van der Waals surface area (Å²) in [6.45, 7) is 8.96. The largest absolute Gasteiger partial charge is 0.348 e. The summed E-state index contributed by atoms with van der Waals surface area (Å²) in [6, 6.07) is 18.4. The van der Waals surface area contributed by atoms with Crippen molar-refractivity contribution in [2.45, 2.75) is 118 Å². The Hall–Kier alpha value is -2.66. The van der Waals surface area contributed by atoms with Gasteiger partial charge < -0.3 is 5.53 Å². The lowest BCUT2D eigenvalue weighted by Gasteiger charge is -2.18. The van der Waals surface area contributed by atoms with E-state index in [-0.39, 0.29) is 0 Å². The van der Waals surface area contributed by atoms with Crippen molar-refractivity contribution in [1.29, 1.82) is 0 Å². The van der Waals surface area contributed by atoms with Crippen molar-refractivity contribution in [3.63, 3.8) is 0 Å². The van der Waals surface area contributed by atoms with Gasteiger partial charge in [-0.3, -0.25) is 0 Å². The Labute approximate surface area is 221 Å². The van der Waals surface area contributed by atoms with Crippen molar-refractivity contribution >= 4 is 11.4 Å². The van der Waals surface area contributed by atoms with Gasteiger partial charge in [0.15, 0.2) is 0 Å². The third-order valence-electron chi connectivity index (χ3n) is 7.03. The third kappa shape index (κ3) is 9.77. The number of nitrogens with zero attached hydrogens (tertiary/aromatic N) is 2. The first-order valence-electron chi connectivity index (χ1n) is 14.6. The van der Waals surface area contributed by atoms with Crippen molar-refractivity contribution in [3.8, 4) is 0 Å². The van der Waals surface area contributed by atoms with E-state index in [2.05, 4.69) is 86.9 Å². The molecule has 0 aliphatic heterocycles. The topological polar surface area (TPSA) is 36.4 Å². The first-order chi connectivity index (χ1) is 17.7. The summed E-state index contributed by atoms with van der Waals surface area (Å²) in [5, 5.41) is 0. The maximum absolute atomic E-state index is 9.51. The molecule has 0 saturated carbocycles. The van der Waals surface area contributed by atoms with E-state index in [1.807, 2.05) is 0 Å². The monoisotopic (exact) mass is 484 g/mol. The molecule has 0 aromatic heterocycles. The Kier molecular flexibility index (Phi) is 14.6. The van der Waals surface area contributed by atoms with Gasteiger partial charge in [-0.05, 0) is 84.8 Å². The fourth-order valence-corrected chi connectivity index (χ4v) is 4.82. The maximum atomic E-state index is 9.51. The van der Waals surface area contributed by atoms with Crippen molar-refractivity contribution in [2.75, 3.05) is 0 Å². The Balaban J connectivity index is 2.64. The molecule has 2 aromatic carbocycles. The molecule has 2 rings (SSSR count). The average Bonchev–Trinajstić information content (AvgIpc) is 2.91. The second kappa shape index (κ2) is 17.7. The van der Waals surface area contributed by atoms with Crippen LogP contribution in [-0.2, 0) is 12.8 Å². The zero-order valence-corrected chi connectivity index (χ0v) is 23.4. The molecule has 2 nitrogen and oxygen atoms in total. The van der Waals surface area contributed by atoms with Gasteiger partial charge in [0.05, 0.1) is 5.57 Å². The molecule has 0 aliphatic rings. The normalized spacial score (nSPS) is 11.6. The van der Waals surface area contributed by atoms with Crippen LogP contribution in [0, 0.1) is 0 Å². The van der Waals surface area contributed by atoms with E-state index in [1.54, 1.807) is 0 Å². The van der Waals surface area contributed by atoms with Gasteiger partial charge in [0.1, 0.15) is 0 Å². The van der Waals surface area contributed by atoms with Gasteiger partial charge in [-0.1, -0.05) is 115 Å². The molecule has 0 spiro atoms. The number of allylic oxidation sites excluding steroid dienone is 2. The molecule has 36 heavy (non-hydrogen) atoms. The lowest BCUT2D eigenvalue weighted by Crippen LogP contribution is -2.01. The van der Waals surface area contributed by atoms with Gasteiger partial charge in [0.2, 0.25) is 0 Å². The summed E-state index contributed by atoms with van der Waals surface area (Å²) < 4.78 is 0. The molecule has 2 heteroatoms. The van der Waals surface area contributed by atoms with Crippen LogP contribution in [0.25, 0.3) is 11.1 Å². The predicted molar refractivity (Wildman–Crippen MR) is 157 cm³/mol. The molecular weight excluding hydrogens is 436 g/mol. The maximum Gasteiger partial charge on any atom is 0.303 e. The molecule has 0 amide bonds. The second-order valence-electron chi connectivity index (χ2n) is 10.1. The van der Waals surface area contributed by atoms with Gasteiger partial charge in [-0.25, -0.2) is 0 Å². The van der Waals surface area contributed by atoms with Crippen molar-refractivity contribution < 1.29 is 4.79 Å². The van der Waals surface area contributed by atoms with E-state index in [4.69, 9.17) is 0 Å². The van der Waals surface area contributed by atoms with Gasteiger partial charge in [-0.2, -0.15) is 0 Å². The molecule has 194 valence electrons. The average molecular weight is 485 g/mol. The van der Waals surface area contributed by atoms with Gasteiger partial charge in [0, 0.05) is 0 Å². The van der Waals surface area contributed by atoms with E-state index >= 15 is 0 Å². The fourth-order valence-electron chi connectivity index (χ4n) is 4.82. The minimum Gasteiger partial charge on any atom is -0.348 e. The Morgan fingerprint density at radius 3 is 1.61 bits per heavy atom. The third-order valence-corrected chi connectivity index (χ3v) is 7.03. The van der Waals surface area contributed by atoms with Crippen molar-refractivity contribution in [2.24, 2.45) is 0 Å². The zero-order chi connectivity index (χ0) is 26.0. The minimum absolute atomic E-state index is 0.884. The summed E-state index contributed by atoms with van der Waals surface area (Å²) in [7, 11) is 0. The first kappa shape index (κ1) is 29.6. The highest BCUT2D eigenvalue weighted by molar-refractivity contribution is 5.87. The quantitative estimate of drug-likeness (QED) is 0.0704. The van der Waals surface area contributed by atoms with Gasteiger partial charge in [0.25, 0.3) is 0 Å². The molecule has 0 saturated heterocycles. The molecule has 0 radical (unpaired) electrons. The summed E-state index contributed by atoms with van der Waals surface area (Å²) in [5.41, 5.74) is 18.4. The SMILES string of the molecule is CCCCCC(C(=C=[N+]=[N-])CCCC)=C(c1ccc(CCCC)cc1)c1ccc(CCCCC)cc1. The highest BCUT2D eigenvalue weighted by Crippen LogP contribution is 2.35. The number of benzene rings is 2. The van der Waals surface area contributed by atoms with E-state index in [0.29, 0.717) is 0 Å². The minimum atomic E-state index is 0.884. The Bertz CT molecular complexity index is 998. The number of hydrogen-bond acceptors (Lipinski definition) is 0. The molecule has 0 aliphatic carbocycles. The summed E-state index contributed by atoms with van der Waals surface area (Å²) in [4.78, 5) is 3.39. The molecule has 0 N–H and O–H groups in total. The number of unbranched alkanes of at least 4 members (excludes halogenated alkanes) is 6. The van der Waals surface area contributed by atoms with E-state index < -0.39 is 0 Å². The number of hydrogen-bond donors (Lipinski definition) is 0. The Morgan fingerprint density at radius 2 is 1.11 bits per heavy atom. The number of rotatable bonds is 17. The van der Waals surface area contributed by atoms with Crippen LogP contribution in [0.5, 0.6) is 0 Å². The lowest BCUT2D eigenvalue weighted by atomic mass is 9.85. The van der Waals surface area contributed by atoms with Crippen molar-refractivity contribution in [3.05, 3.63) is 87.5 Å². The zero-order valence-electron chi connectivity index (χ0n) is 23.4. The summed E-state index contributed by atoms with van der Waals surface area (Å²) in [5.74, 6) is 2.99. The van der Waals surface area contributed by atoms with Crippen molar-refractivity contribution in [1.82, 2.24) is 0 Å². The highest BCUT2D eigenvalue weighted by atomic mass is 14.8. The molecule has 0 unspecified atom stereocenters. The smallest absolute Gasteiger partial charge is 0.303 e. The standard InChI is InChI=1S/C34H48N2/c1-5-9-13-16-29-21-25-31(26-22-29)34(30-23-19-28(20-24-30)15-11-7-3)33(18-14-10-6-2)32(27-36-35)17-12-8-4/h19-26H,5-18H2,1-4H3. The van der Waals surface area contributed by atoms with Crippen LogP contribution in [0.1, 0.15) is 127 Å². The van der Waals surface area contributed by atoms with Crippen LogP contribution >= 0.6 is 0 Å². The van der Waals surface area contributed by atoms with E-state index in [9.17, 15) is 5.53 Å². The van der Waals surface area contributed by atoms with Gasteiger partial charge >= 0.3 is 5.87 Å².